The topological polar surface area (TPSA) is 69.1 Å². The molecule has 0 atom stereocenters. The van der Waals surface area contributed by atoms with E-state index in [1.54, 1.807) is 0 Å². The molecular weight excluding hydrogens is 164 g/mol. The highest BCUT2D eigenvalue weighted by Gasteiger charge is 1.92. The van der Waals surface area contributed by atoms with Crippen molar-refractivity contribution in [3.63, 3.8) is 0 Å². The second kappa shape index (κ2) is 6.43. The number of carbonyl (C=O) groups is 1. The number of amides is 1. The fourth-order valence-electron chi connectivity index (χ4n) is 0.945. The van der Waals surface area contributed by atoms with Crippen LogP contribution in [0.5, 0.6) is 0 Å². The number of primary amides is 1. The maximum Gasteiger partial charge on any atom is 0.241 e. The molecule has 0 aliphatic heterocycles. The zero-order valence-corrected chi connectivity index (χ0v) is 8.34. The zero-order valence-electron chi connectivity index (χ0n) is 8.34. The van der Waals surface area contributed by atoms with Crippen molar-refractivity contribution in [2.24, 2.45) is 11.5 Å². The quantitative estimate of drug-likeness (QED) is 0.494. The molecule has 0 spiro atoms. The van der Waals surface area contributed by atoms with Crippen LogP contribution in [0.15, 0.2) is 23.3 Å². The Kier molecular flexibility index (Phi) is 5.89. The Labute approximate surface area is 79.5 Å². The van der Waals surface area contributed by atoms with Crippen molar-refractivity contribution in [3.05, 3.63) is 23.3 Å². The summed E-state index contributed by atoms with van der Waals surface area (Å²) in [6.07, 6.45) is 5.32. The third-order valence-corrected chi connectivity index (χ3v) is 1.74. The van der Waals surface area contributed by atoms with Crippen molar-refractivity contribution in [2.75, 3.05) is 6.54 Å². The third kappa shape index (κ3) is 7.28. The van der Waals surface area contributed by atoms with E-state index in [2.05, 4.69) is 6.08 Å². The lowest BCUT2D eigenvalue weighted by Gasteiger charge is -1.98. The standard InChI is InChI=1S/C10H18N2O/c1-8(6-10(12)13)4-3-5-9(2)7-11/h5-6H,3-4,7,11H2,1-2H3,(H2,12,13)/b8-6-,9-5?. The maximum atomic E-state index is 10.5. The molecule has 0 saturated heterocycles. The minimum atomic E-state index is -0.378. The molecule has 4 N–H and O–H groups in total. The summed E-state index contributed by atoms with van der Waals surface area (Å²) in [5.74, 6) is -0.378. The Morgan fingerprint density at radius 3 is 2.38 bits per heavy atom. The molecule has 1 amide bonds. The van der Waals surface area contributed by atoms with Gasteiger partial charge in [-0.1, -0.05) is 17.2 Å². The smallest absolute Gasteiger partial charge is 0.241 e. The van der Waals surface area contributed by atoms with Crippen LogP contribution in [0.1, 0.15) is 26.7 Å². The average molecular weight is 182 g/mol. The average Bonchev–Trinajstić information content (AvgIpc) is 2.02. The van der Waals surface area contributed by atoms with Crippen molar-refractivity contribution in [2.45, 2.75) is 26.7 Å². The fraction of sp³-hybridized carbons (Fsp3) is 0.500. The lowest BCUT2D eigenvalue weighted by atomic mass is 10.1. The van der Waals surface area contributed by atoms with Crippen LogP contribution >= 0.6 is 0 Å². The normalized spacial score (nSPS) is 13.2. The summed E-state index contributed by atoms with van der Waals surface area (Å²) in [6, 6.07) is 0. The second-order valence-corrected chi connectivity index (χ2v) is 3.19. The summed E-state index contributed by atoms with van der Waals surface area (Å²) >= 11 is 0. The molecule has 0 aromatic carbocycles. The van der Waals surface area contributed by atoms with E-state index in [1.807, 2.05) is 13.8 Å². The molecule has 3 nitrogen and oxygen atoms in total. The van der Waals surface area contributed by atoms with E-state index in [-0.39, 0.29) is 5.91 Å². The van der Waals surface area contributed by atoms with E-state index < -0.39 is 0 Å². The van der Waals surface area contributed by atoms with E-state index in [0.29, 0.717) is 6.54 Å². The number of hydrogen-bond acceptors (Lipinski definition) is 2. The number of hydrogen-bond donors (Lipinski definition) is 2. The van der Waals surface area contributed by atoms with Crippen molar-refractivity contribution in [1.82, 2.24) is 0 Å². The first-order chi connectivity index (χ1) is 6.06. The Balaban J connectivity index is 3.83. The molecule has 74 valence electrons. The van der Waals surface area contributed by atoms with Gasteiger partial charge in [0.05, 0.1) is 0 Å². The highest BCUT2D eigenvalue weighted by molar-refractivity contribution is 5.86. The molecule has 0 unspecified atom stereocenters. The van der Waals surface area contributed by atoms with Crippen LogP contribution in [0.4, 0.5) is 0 Å². The molecule has 0 aliphatic carbocycles. The zero-order chi connectivity index (χ0) is 10.3. The lowest BCUT2D eigenvalue weighted by molar-refractivity contribution is -0.113. The summed E-state index contributed by atoms with van der Waals surface area (Å²) < 4.78 is 0. The Morgan fingerprint density at radius 1 is 1.31 bits per heavy atom. The first kappa shape index (κ1) is 11.9. The molecule has 0 aromatic rings. The van der Waals surface area contributed by atoms with Crippen LogP contribution in [-0.2, 0) is 4.79 Å². The monoisotopic (exact) mass is 182 g/mol. The Bertz CT molecular complexity index is 229. The molecule has 13 heavy (non-hydrogen) atoms. The summed E-state index contributed by atoms with van der Waals surface area (Å²) in [5, 5.41) is 0. The van der Waals surface area contributed by atoms with Crippen LogP contribution in [0.3, 0.4) is 0 Å². The number of rotatable bonds is 5. The van der Waals surface area contributed by atoms with Gasteiger partial charge in [0, 0.05) is 12.6 Å². The van der Waals surface area contributed by atoms with Crippen LogP contribution in [0.25, 0.3) is 0 Å². The van der Waals surface area contributed by atoms with Gasteiger partial charge in [0.15, 0.2) is 0 Å². The SMILES string of the molecule is CC(=CCC/C(C)=C\C(N)=O)CN. The lowest BCUT2D eigenvalue weighted by Crippen LogP contribution is -2.06. The molecule has 3 heteroatoms. The van der Waals surface area contributed by atoms with Gasteiger partial charge in [0.2, 0.25) is 5.91 Å². The van der Waals surface area contributed by atoms with Gasteiger partial charge >= 0.3 is 0 Å². The van der Waals surface area contributed by atoms with Crippen molar-refractivity contribution in [1.29, 1.82) is 0 Å². The number of nitrogens with two attached hydrogens (primary N) is 2. The third-order valence-electron chi connectivity index (χ3n) is 1.74. The second-order valence-electron chi connectivity index (χ2n) is 3.19. The van der Waals surface area contributed by atoms with Gasteiger partial charge in [0.1, 0.15) is 0 Å². The van der Waals surface area contributed by atoms with Crippen LogP contribution in [0, 0.1) is 0 Å². The first-order valence-corrected chi connectivity index (χ1v) is 4.38. The van der Waals surface area contributed by atoms with Crippen molar-refractivity contribution >= 4 is 5.91 Å². The van der Waals surface area contributed by atoms with E-state index in [1.165, 1.54) is 11.6 Å². The molecule has 0 heterocycles. The predicted molar refractivity (Wildman–Crippen MR) is 55.0 cm³/mol. The molecule has 0 bridgehead atoms. The highest BCUT2D eigenvalue weighted by Crippen LogP contribution is 2.05. The summed E-state index contributed by atoms with van der Waals surface area (Å²) in [4.78, 5) is 10.5. The molecule has 0 radical (unpaired) electrons. The maximum absolute atomic E-state index is 10.5. The van der Waals surface area contributed by atoms with Gasteiger partial charge in [-0.05, 0) is 26.7 Å². The Morgan fingerprint density at radius 2 is 1.92 bits per heavy atom. The van der Waals surface area contributed by atoms with Gasteiger partial charge in [0.25, 0.3) is 0 Å². The molecule has 0 aromatic heterocycles. The van der Waals surface area contributed by atoms with E-state index in [9.17, 15) is 4.79 Å². The van der Waals surface area contributed by atoms with E-state index in [0.717, 1.165) is 18.4 Å². The van der Waals surface area contributed by atoms with Gasteiger partial charge in [-0.2, -0.15) is 0 Å². The minimum absolute atomic E-state index is 0.378. The summed E-state index contributed by atoms with van der Waals surface area (Å²) in [7, 11) is 0. The van der Waals surface area contributed by atoms with Gasteiger partial charge in [-0.25, -0.2) is 0 Å². The molecule has 0 aliphatic rings. The van der Waals surface area contributed by atoms with Gasteiger partial charge < -0.3 is 11.5 Å². The predicted octanol–water partition coefficient (Wildman–Crippen LogP) is 1.10. The number of allylic oxidation sites excluding steroid dienone is 2. The van der Waals surface area contributed by atoms with Crippen LogP contribution in [0.2, 0.25) is 0 Å². The van der Waals surface area contributed by atoms with E-state index in [4.69, 9.17) is 11.5 Å². The van der Waals surface area contributed by atoms with Crippen molar-refractivity contribution in [3.8, 4) is 0 Å². The molecule has 0 rings (SSSR count). The van der Waals surface area contributed by atoms with E-state index >= 15 is 0 Å². The van der Waals surface area contributed by atoms with Gasteiger partial charge in [-0.15, -0.1) is 0 Å². The largest absolute Gasteiger partial charge is 0.366 e. The van der Waals surface area contributed by atoms with Gasteiger partial charge in [-0.3, -0.25) is 4.79 Å². The summed E-state index contributed by atoms with van der Waals surface area (Å²) in [6.45, 7) is 4.49. The first-order valence-electron chi connectivity index (χ1n) is 4.38. The molecular formula is C10H18N2O. The molecule has 0 fully saturated rings. The number of carbonyl (C=O) groups excluding carboxylic acids is 1. The Hall–Kier alpha value is -1.09. The van der Waals surface area contributed by atoms with Crippen LogP contribution in [-0.4, -0.2) is 12.5 Å². The fourth-order valence-corrected chi connectivity index (χ4v) is 0.945. The molecule has 0 saturated carbocycles. The highest BCUT2D eigenvalue weighted by atomic mass is 16.1. The summed E-state index contributed by atoms with van der Waals surface area (Å²) in [5.41, 5.74) is 12.6. The van der Waals surface area contributed by atoms with Crippen LogP contribution < -0.4 is 11.5 Å². The van der Waals surface area contributed by atoms with Crippen molar-refractivity contribution < 1.29 is 4.79 Å². The minimum Gasteiger partial charge on any atom is -0.366 e.